The van der Waals surface area contributed by atoms with Gasteiger partial charge in [0.2, 0.25) is 0 Å². The number of rotatable bonds is 6. The molecule has 1 aromatic rings. The van der Waals surface area contributed by atoms with Crippen molar-refractivity contribution in [3.05, 3.63) is 17.0 Å². The quantitative estimate of drug-likeness (QED) is 0.688. The largest absolute Gasteiger partial charge is 0.478 e. The summed E-state index contributed by atoms with van der Waals surface area (Å²) in [5.41, 5.74) is 0.0329. The molecule has 0 bridgehead atoms. The summed E-state index contributed by atoms with van der Waals surface area (Å²) >= 11 is 1.11. The van der Waals surface area contributed by atoms with Crippen molar-refractivity contribution in [2.45, 2.75) is 13.3 Å². The fraction of sp³-hybridized carbons (Fsp3) is 0.364. The SMILES string of the molecule is CCOC(=O)CCNC(=O)Nc1sccc1C(=O)O. The molecule has 0 aromatic carbocycles. The molecule has 0 saturated carbocycles. The van der Waals surface area contributed by atoms with Gasteiger partial charge in [-0.15, -0.1) is 11.3 Å². The highest BCUT2D eigenvalue weighted by Gasteiger charge is 2.13. The minimum Gasteiger partial charge on any atom is -0.478 e. The van der Waals surface area contributed by atoms with Crippen LogP contribution in [0.25, 0.3) is 0 Å². The Kier molecular flexibility index (Phi) is 5.80. The van der Waals surface area contributed by atoms with Gasteiger partial charge in [-0.05, 0) is 18.4 Å². The fourth-order valence-electron chi connectivity index (χ4n) is 1.23. The summed E-state index contributed by atoms with van der Waals surface area (Å²) in [4.78, 5) is 33.3. The van der Waals surface area contributed by atoms with Gasteiger partial charge in [-0.3, -0.25) is 10.1 Å². The maximum Gasteiger partial charge on any atom is 0.338 e. The molecular formula is C11H14N2O5S. The zero-order valence-corrected chi connectivity index (χ0v) is 11.1. The summed E-state index contributed by atoms with van der Waals surface area (Å²) in [5, 5.41) is 15.5. The lowest BCUT2D eigenvalue weighted by atomic mass is 10.3. The van der Waals surface area contributed by atoms with Gasteiger partial charge in [0, 0.05) is 6.54 Å². The summed E-state index contributed by atoms with van der Waals surface area (Å²) in [6.07, 6.45) is 0.0670. The second kappa shape index (κ2) is 7.37. The zero-order chi connectivity index (χ0) is 14.3. The van der Waals surface area contributed by atoms with Crippen molar-refractivity contribution in [1.29, 1.82) is 0 Å². The Balaban J connectivity index is 2.37. The molecule has 0 fully saturated rings. The lowest BCUT2D eigenvalue weighted by Gasteiger charge is -2.06. The Hall–Kier alpha value is -2.09. The van der Waals surface area contributed by atoms with E-state index in [1.165, 1.54) is 6.07 Å². The maximum atomic E-state index is 11.5. The molecule has 0 radical (unpaired) electrons. The van der Waals surface area contributed by atoms with Gasteiger partial charge in [-0.2, -0.15) is 0 Å². The Bertz CT molecular complexity index is 471. The fourth-order valence-corrected chi connectivity index (χ4v) is 2.01. The maximum absolute atomic E-state index is 11.5. The van der Waals surface area contributed by atoms with Crippen LogP contribution in [0.2, 0.25) is 0 Å². The third-order valence-corrected chi connectivity index (χ3v) is 2.87. The van der Waals surface area contributed by atoms with Crippen LogP contribution in [0.3, 0.4) is 0 Å². The molecule has 2 amide bonds. The van der Waals surface area contributed by atoms with Crippen molar-refractivity contribution in [3.8, 4) is 0 Å². The van der Waals surface area contributed by atoms with E-state index in [9.17, 15) is 14.4 Å². The molecule has 8 heteroatoms. The number of carbonyl (C=O) groups excluding carboxylic acids is 2. The number of anilines is 1. The summed E-state index contributed by atoms with van der Waals surface area (Å²) in [7, 11) is 0. The Morgan fingerprint density at radius 1 is 1.42 bits per heavy atom. The molecule has 0 aliphatic carbocycles. The first-order valence-electron chi connectivity index (χ1n) is 5.55. The van der Waals surface area contributed by atoms with Crippen molar-refractivity contribution in [1.82, 2.24) is 5.32 Å². The van der Waals surface area contributed by atoms with E-state index in [1.807, 2.05) is 0 Å². The number of carbonyl (C=O) groups is 3. The Morgan fingerprint density at radius 3 is 2.79 bits per heavy atom. The minimum atomic E-state index is -1.11. The number of hydrogen-bond donors (Lipinski definition) is 3. The normalized spacial score (nSPS) is 9.74. The first-order chi connectivity index (χ1) is 9.04. The van der Waals surface area contributed by atoms with E-state index in [1.54, 1.807) is 12.3 Å². The third-order valence-electron chi connectivity index (χ3n) is 2.04. The van der Waals surface area contributed by atoms with Crippen LogP contribution in [0.15, 0.2) is 11.4 Å². The van der Waals surface area contributed by atoms with Gasteiger partial charge in [0.25, 0.3) is 0 Å². The van der Waals surface area contributed by atoms with Gasteiger partial charge in [0.15, 0.2) is 0 Å². The van der Waals surface area contributed by atoms with Gasteiger partial charge in [-0.25, -0.2) is 9.59 Å². The third kappa shape index (κ3) is 4.96. The summed E-state index contributed by atoms with van der Waals surface area (Å²) in [6.45, 7) is 2.11. The van der Waals surface area contributed by atoms with Crippen LogP contribution in [0.1, 0.15) is 23.7 Å². The number of ether oxygens (including phenoxy) is 1. The minimum absolute atomic E-state index is 0.0329. The highest BCUT2D eigenvalue weighted by atomic mass is 32.1. The monoisotopic (exact) mass is 286 g/mol. The van der Waals surface area contributed by atoms with Gasteiger partial charge in [0.1, 0.15) is 5.00 Å². The lowest BCUT2D eigenvalue weighted by Crippen LogP contribution is -2.31. The molecule has 0 spiro atoms. The zero-order valence-electron chi connectivity index (χ0n) is 10.3. The summed E-state index contributed by atoms with van der Waals surface area (Å²) in [6, 6.07) is 0.843. The van der Waals surface area contributed by atoms with Crippen molar-refractivity contribution in [2.75, 3.05) is 18.5 Å². The molecule has 1 rings (SSSR count). The van der Waals surface area contributed by atoms with E-state index in [2.05, 4.69) is 10.6 Å². The molecule has 1 aromatic heterocycles. The number of esters is 1. The molecule has 0 atom stereocenters. The highest BCUT2D eigenvalue weighted by Crippen LogP contribution is 2.22. The van der Waals surface area contributed by atoms with E-state index in [4.69, 9.17) is 9.84 Å². The summed E-state index contributed by atoms with van der Waals surface area (Å²) in [5.74, 6) is -1.51. The van der Waals surface area contributed by atoms with E-state index >= 15 is 0 Å². The molecule has 3 N–H and O–H groups in total. The molecule has 0 saturated heterocycles. The molecule has 0 aliphatic rings. The average molecular weight is 286 g/mol. The number of thiophene rings is 1. The number of aromatic carboxylic acids is 1. The molecule has 19 heavy (non-hydrogen) atoms. The van der Waals surface area contributed by atoms with Crippen LogP contribution in [-0.2, 0) is 9.53 Å². The van der Waals surface area contributed by atoms with Crippen LogP contribution in [0, 0.1) is 0 Å². The first kappa shape index (κ1) is 15.0. The topological polar surface area (TPSA) is 105 Å². The van der Waals surface area contributed by atoms with Crippen LogP contribution in [0.4, 0.5) is 9.80 Å². The molecule has 7 nitrogen and oxygen atoms in total. The molecule has 0 unspecified atom stereocenters. The number of amides is 2. The second-order valence-corrected chi connectivity index (χ2v) is 4.32. The van der Waals surface area contributed by atoms with E-state index in [0.717, 1.165) is 11.3 Å². The van der Waals surface area contributed by atoms with Crippen molar-refractivity contribution in [3.63, 3.8) is 0 Å². The van der Waals surface area contributed by atoms with E-state index in [-0.39, 0.29) is 23.5 Å². The standard InChI is InChI=1S/C11H14N2O5S/c1-2-18-8(14)3-5-12-11(17)13-9-7(10(15)16)4-6-19-9/h4,6H,2-3,5H2,1H3,(H,15,16)(H2,12,13,17). The number of carboxylic acid groups (broad SMARTS) is 1. The molecular weight excluding hydrogens is 272 g/mol. The van der Waals surface area contributed by atoms with Crippen molar-refractivity contribution >= 4 is 34.3 Å². The molecule has 1 heterocycles. The smallest absolute Gasteiger partial charge is 0.338 e. The predicted octanol–water partition coefficient (Wildman–Crippen LogP) is 1.52. The van der Waals surface area contributed by atoms with E-state index < -0.39 is 18.0 Å². The number of hydrogen-bond acceptors (Lipinski definition) is 5. The molecule has 0 aliphatic heterocycles. The van der Waals surface area contributed by atoms with Gasteiger partial charge in [0.05, 0.1) is 18.6 Å². The van der Waals surface area contributed by atoms with Crippen molar-refractivity contribution < 1.29 is 24.2 Å². The van der Waals surface area contributed by atoms with Gasteiger partial charge in [-0.1, -0.05) is 0 Å². The van der Waals surface area contributed by atoms with Crippen LogP contribution < -0.4 is 10.6 Å². The van der Waals surface area contributed by atoms with E-state index in [0.29, 0.717) is 6.61 Å². The average Bonchev–Trinajstić information content (AvgIpc) is 2.77. The van der Waals surface area contributed by atoms with Gasteiger partial charge < -0.3 is 15.2 Å². The highest BCUT2D eigenvalue weighted by molar-refractivity contribution is 7.14. The predicted molar refractivity (Wildman–Crippen MR) is 69.5 cm³/mol. The van der Waals surface area contributed by atoms with Gasteiger partial charge >= 0.3 is 18.0 Å². The number of urea groups is 1. The van der Waals surface area contributed by atoms with Crippen LogP contribution >= 0.6 is 11.3 Å². The molecule has 104 valence electrons. The summed E-state index contributed by atoms with van der Waals surface area (Å²) < 4.78 is 4.69. The lowest BCUT2D eigenvalue weighted by molar-refractivity contribution is -0.142. The van der Waals surface area contributed by atoms with Crippen LogP contribution in [0.5, 0.6) is 0 Å². The Morgan fingerprint density at radius 2 is 2.16 bits per heavy atom. The van der Waals surface area contributed by atoms with Crippen molar-refractivity contribution in [2.24, 2.45) is 0 Å². The van der Waals surface area contributed by atoms with Crippen LogP contribution in [-0.4, -0.2) is 36.2 Å². The number of carboxylic acids is 1. The second-order valence-electron chi connectivity index (χ2n) is 3.40. The first-order valence-corrected chi connectivity index (χ1v) is 6.43. The Labute approximate surface area is 113 Å². The number of nitrogens with one attached hydrogen (secondary N) is 2.